The van der Waals surface area contributed by atoms with Gasteiger partial charge in [-0.05, 0) is 12.3 Å². The lowest BCUT2D eigenvalue weighted by molar-refractivity contribution is -0.146. The highest BCUT2D eigenvalue weighted by Crippen LogP contribution is 2.15. The molecule has 3 N–H and O–H groups in total. The highest BCUT2D eigenvalue weighted by molar-refractivity contribution is 5.90. The fraction of sp³-hybridized carbons (Fsp3) is 0.833. The van der Waals surface area contributed by atoms with Gasteiger partial charge in [-0.1, -0.05) is 27.2 Å². The number of carbonyl (C=O) groups excluding carboxylic acids is 2. The van der Waals surface area contributed by atoms with Crippen molar-refractivity contribution in [1.29, 1.82) is 0 Å². The molecule has 98 valence electrons. The van der Waals surface area contributed by atoms with Gasteiger partial charge in [0.05, 0.1) is 6.04 Å². The standard InChI is InChI=1S/C12H23N3O2/c1-4-5-9(13)12(17)15-7-6-14-11(16)10(15)8(2)3/h8-10H,4-7,13H2,1-3H3,(H,14,16). The summed E-state index contributed by atoms with van der Waals surface area (Å²) in [5.74, 6) is -0.0585. The van der Waals surface area contributed by atoms with E-state index in [2.05, 4.69) is 5.32 Å². The molecule has 2 atom stereocenters. The third kappa shape index (κ3) is 3.19. The second kappa shape index (κ2) is 6.00. The molecule has 1 saturated heterocycles. The Bertz CT molecular complexity index is 291. The van der Waals surface area contributed by atoms with Gasteiger partial charge in [-0.2, -0.15) is 0 Å². The molecule has 1 heterocycles. The second-order valence-electron chi connectivity index (χ2n) is 4.91. The first-order valence-corrected chi connectivity index (χ1v) is 6.32. The van der Waals surface area contributed by atoms with Gasteiger partial charge in [0.15, 0.2) is 0 Å². The van der Waals surface area contributed by atoms with Crippen molar-refractivity contribution in [3.8, 4) is 0 Å². The molecule has 0 aliphatic carbocycles. The largest absolute Gasteiger partial charge is 0.353 e. The van der Waals surface area contributed by atoms with Crippen molar-refractivity contribution in [2.24, 2.45) is 11.7 Å². The molecular formula is C12H23N3O2. The molecule has 0 spiro atoms. The van der Waals surface area contributed by atoms with E-state index in [-0.39, 0.29) is 23.8 Å². The summed E-state index contributed by atoms with van der Waals surface area (Å²) in [6.45, 7) is 6.97. The molecule has 0 aromatic heterocycles. The molecule has 0 radical (unpaired) electrons. The van der Waals surface area contributed by atoms with Crippen molar-refractivity contribution in [2.45, 2.75) is 45.7 Å². The summed E-state index contributed by atoms with van der Waals surface area (Å²) in [4.78, 5) is 25.6. The van der Waals surface area contributed by atoms with Crippen LogP contribution in [0.5, 0.6) is 0 Å². The van der Waals surface area contributed by atoms with Crippen molar-refractivity contribution in [1.82, 2.24) is 10.2 Å². The van der Waals surface area contributed by atoms with Crippen LogP contribution >= 0.6 is 0 Å². The molecule has 0 bridgehead atoms. The molecule has 0 aromatic rings. The van der Waals surface area contributed by atoms with Crippen LogP contribution < -0.4 is 11.1 Å². The summed E-state index contributed by atoms with van der Waals surface area (Å²) < 4.78 is 0. The summed E-state index contributed by atoms with van der Waals surface area (Å²) >= 11 is 0. The minimum Gasteiger partial charge on any atom is -0.353 e. The maximum absolute atomic E-state index is 12.2. The number of carbonyl (C=O) groups is 2. The first kappa shape index (κ1) is 14.0. The van der Waals surface area contributed by atoms with Crippen LogP contribution in [0.1, 0.15) is 33.6 Å². The van der Waals surface area contributed by atoms with Crippen LogP contribution in [0.25, 0.3) is 0 Å². The number of hydrogen-bond acceptors (Lipinski definition) is 3. The van der Waals surface area contributed by atoms with Gasteiger partial charge < -0.3 is 16.0 Å². The highest BCUT2D eigenvalue weighted by atomic mass is 16.2. The number of piperazine rings is 1. The first-order valence-electron chi connectivity index (χ1n) is 6.32. The van der Waals surface area contributed by atoms with E-state index in [0.717, 1.165) is 6.42 Å². The minimum atomic E-state index is -0.479. The molecule has 5 heteroatoms. The van der Waals surface area contributed by atoms with Crippen LogP contribution in [0.2, 0.25) is 0 Å². The van der Waals surface area contributed by atoms with Crippen LogP contribution in [0.4, 0.5) is 0 Å². The average Bonchev–Trinajstić information content (AvgIpc) is 2.27. The Kier molecular flexibility index (Phi) is 4.93. The summed E-state index contributed by atoms with van der Waals surface area (Å²) in [5.41, 5.74) is 5.84. The van der Waals surface area contributed by atoms with E-state index in [0.29, 0.717) is 19.5 Å². The normalized spacial score (nSPS) is 22.5. The van der Waals surface area contributed by atoms with Gasteiger partial charge in [-0.3, -0.25) is 9.59 Å². The summed E-state index contributed by atoms with van der Waals surface area (Å²) in [6.07, 6.45) is 1.54. The zero-order valence-corrected chi connectivity index (χ0v) is 10.9. The molecule has 1 aliphatic heterocycles. The average molecular weight is 241 g/mol. The first-order chi connectivity index (χ1) is 7.99. The van der Waals surface area contributed by atoms with Crippen molar-refractivity contribution >= 4 is 11.8 Å². The van der Waals surface area contributed by atoms with E-state index in [1.807, 2.05) is 20.8 Å². The van der Waals surface area contributed by atoms with Crippen molar-refractivity contribution in [3.63, 3.8) is 0 Å². The quantitative estimate of drug-likeness (QED) is 0.733. The van der Waals surface area contributed by atoms with Gasteiger partial charge >= 0.3 is 0 Å². The van der Waals surface area contributed by atoms with Gasteiger partial charge in [0.1, 0.15) is 6.04 Å². The number of hydrogen-bond donors (Lipinski definition) is 2. The summed E-state index contributed by atoms with van der Waals surface area (Å²) in [5, 5.41) is 2.80. The lowest BCUT2D eigenvalue weighted by Gasteiger charge is -2.38. The topological polar surface area (TPSA) is 75.4 Å². The zero-order valence-electron chi connectivity index (χ0n) is 10.9. The maximum atomic E-state index is 12.2. The zero-order chi connectivity index (χ0) is 13.0. The molecule has 0 aromatic carbocycles. The highest BCUT2D eigenvalue weighted by Gasteiger charge is 2.36. The molecule has 17 heavy (non-hydrogen) atoms. The van der Waals surface area contributed by atoms with Crippen LogP contribution in [0, 0.1) is 5.92 Å². The fourth-order valence-corrected chi connectivity index (χ4v) is 2.24. The van der Waals surface area contributed by atoms with E-state index in [9.17, 15) is 9.59 Å². The number of amides is 2. The Labute approximate surface area is 103 Å². The molecule has 2 unspecified atom stereocenters. The third-order valence-corrected chi connectivity index (χ3v) is 3.09. The van der Waals surface area contributed by atoms with Crippen molar-refractivity contribution in [3.05, 3.63) is 0 Å². The lowest BCUT2D eigenvalue weighted by Crippen LogP contribution is -2.61. The van der Waals surface area contributed by atoms with E-state index >= 15 is 0 Å². The Morgan fingerprint density at radius 1 is 1.59 bits per heavy atom. The molecule has 2 amide bonds. The predicted octanol–water partition coefficient (Wildman–Crippen LogP) is 0.0968. The maximum Gasteiger partial charge on any atom is 0.243 e. The lowest BCUT2D eigenvalue weighted by atomic mass is 9.98. The third-order valence-electron chi connectivity index (χ3n) is 3.09. The summed E-state index contributed by atoms with van der Waals surface area (Å²) in [7, 11) is 0. The fourth-order valence-electron chi connectivity index (χ4n) is 2.24. The number of rotatable bonds is 4. The second-order valence-corrected chi connectivity index (χ2v) is 4.91. The summed E-state index contributed by atoms with van der Waals surface area (Å²) in [6, 6.07) is -0.855. The van der Waals surface area contributed by atoms with Crippen LogP contribution in [0.15, 0.2) is 0 Å². The number of nitrogens with one attached hydrogen (secondary N) is 1. The van der Waals surface area contributed by atoms with Crippen LogP contribution in [-0.2, 0) is 9.59 Å². The molecule has 1 fully saturated rings. The van der Waals surface area contributed by atoms with Gasteiger partial charge in [0, 0.05) is 13.1 Å². The Balaban J connectivity index is 2.78. The van der Waals surface area contributed by atoms with Gasteiger partial charge in [-0.25, -0.2) is 0 Å². The van der Waals surface area contributed by atoms with Crippen molar-refractivity contribution in [2.75, 3.05) is 13.1 Å². The van der Waals surface area contributed by atoms with E-state index in [1.165, 1.54) is 0 Å². The number of nitrogens with two attached hydrogens (primary N) is 1. The van der Waals surface area contributed by atoms with Gasteiger partial charge in [-0.15, -0.1) is 0 Å². The van der Waals surface area contributed by atoms with E-state index in [4.69, 9.17) is 5.73 Å². The van der Waals surface area contributed by atoms with Gasteiger partial charge in [0.25, 0.3) is 0 Å². The smallest absolute Gasteiger partial charge is 0.243 e. The predicted molar refractivity (Wildman–Crippen MR) is 66.2 cm³/mol. The Hall–Kier alpha value is -1.10. The van der Waals surface area contributed by atoms with E-state index in [1.54, 1.807) is 4.90 Å². The molecular weight excluding hydrogens is 218 g/mol. The Morgan fingerprint density at radius 3 is 2.76 bits per heavy atom. The van der Waals surface area contributed by atoms with E-state index < -0.39 is 6.04 Å². The van der Waals surface area contributed by atoms with Crippen LogP contribution in [-0.4, -0.2) is 41.9 Å². The molecule has 0 saturated carbocycles. The monoisotopic (exact) mass is 241 g/mol. The van der Waals surface area contributed by atoms with Gasteiger partial charge in [0.2, 0.25) is 11.8 Å². The molecule has 1 aliphatic rings. The SMILES string of the molecule is CCCC(N)C(=O)N1CCNC(=O)C1C(C)C. The minimum absolute atomic E-state index is 0.0664. The molecule has 5 nitrogen and oxygen atoms in total. The van der Waals surface area contributed by atoms with Crippen LogP contribution in [0.3, 0.4) is 0 Å². The van der Waals surface area contributed by atoms with Crippen molar-refractivity contribution < 1.29 is 9.59 Å². The molecule has 1 rings (SSSR count). The Morgan fingerprint density at radius 2 is 2.24 bits per heavy atom. The number of nitrogens with zero attached hydrogens (tertiary/aromatic N) is 1.